The molecule has 1 heterocycles. The summed E-state index contributed by atoms with van der Waals surface area (Å²) in [5.41, 5.74) is 11.1. The predicted molar refractivity (Wildman–Crippen MR) is 141 cm³/mol. The number of amides is 3. The van der Waals surface area contributed by atoms with Crippen molar-refractivity contribution in [3.63, 3.8) is 0 Å². The number of hydrogen-bond acceptors (Lipinski definition) is 5. The Balaban J connectivity index is 2.06. The standard InChI is InChI=1S/C25H36ClFN6O4/c1-15(2)22(32-25(37)31-18-8-3-7-17(26)13-18)23(36)33-11-5-9-19(33)20(34)12-16(21(35)14-27)6-4-10-30-24(28)29/h3,7-8,13,15-16,19,22H,4-6,9-12,14H2,1-2H3,(H4,28,29,30)(H2,31,32,37)/t16-,19+,22+/m1/s1. The number of likely N-dealkylation sites (tertiary alicyclic amines) is 1. The van der Waals surface area contributed by atoms with Gasteiger partial charge in [0, 0.05) is 36.1 Å². The van der Waals surface area contributed by atoms with Crippen LogP contribution in [0, 0.1) is 11.8 Å². The van der Waals surface area contributed by atoms with Crippen molar-refractivity contribution in [1.29, 1.82) is 0 Å². The van der Waals surface area contributed by atoms with E-state index in [-0.39, 0.29) is 43.0 Å². The van der Waals surface area contributed by atoms with Crippen LogP contribution in [0.25, 0.3) is 0 Å². The molecule has 1 aliphatic heterocycles. The number of Topliss-reactive ketones (excluding diaryl/α,β-unsaturated/α-hetero) is 2. The average Bonchev–Trinajstić information content (AvgIpc) is 3.33. The summed E-state index contributed by atoms with van der Waals surface area (Å²) in [5.74, 6) is -2.50. The molecular weight excluding hydrogens is 503 g/mol. The summed E-state index contributed by atoms with van der Waals surface area (Å²) in [4.78, 5) is 56.7. The van der Waals surface area contributed by atoms with Crippen LogP contribution in [0.2, 0.25) is 5.02 Å². The summed E-state index contributed by atoms with van der Waals surface area (Å²) in [6.07, 6.45) is 1.54. The molecule has 1 aromatic rings. The van der Waals surface area contributed by atoms with Crippen molar-refractivity contribution >= 4 is 46.8 Å². The lowest BCUT2D eigenvalue weighted by Crippen LogP contribution is -2.54. The fourth-order valence-electron chi connectivity index (χ4n) is 4.34. The minimum absolute atomic E-state index is 0.0841. The van der Waals surface area contributed by atoms with Crippen LogP contribution in [0.5, 0.6) is 0 Å². The lowest BCUT2D eigenvalue weighted by Gasteiger charge is -2.31. The minimum Gasteiger partial charge on any atom is -0.370 e. The number of nitrogens with one attached hydrogen (secondary N) is 2. The van der Waals surface area contributed by atoms with Gasteiger partial charge in [0.05, 0.1) is 6.04 Å². The Labute approximate surface area is 221 Å². The second-order valence-corrected chi connectivity index (χ2v) is 9.87. The van der Waals surface area contributed by atoms with Gasteiger partial charge >= 0.3 is 6.03 Å². The van der Waals surface area contributed by atoms with Gasteiger partial charge in [0.25, 0.3) is 0 Å². The van der Waals surface area contributed by atoms with E-state index in [1.807, 2.05) is 0 Å². The fraction of sp³-hybridized carbons (Fsp3) is 0.560. The summed E-state index contributed by atoms with van der Waals surface area (Å²) in [7, 11) is 0. The molecule has 1 aliphatic rings. The monoisotopic (exact) mass is 538 g/mol. The van der Waals surface area contributed by atoms with Crippen molar-refractivity contribution in [2.24, 2.45) is 28.3 Å². The van der Waals surface area contributed by atoms with Crippen molar-refractivity contribution < 1.29 is 23.6 Å². The van der Waals surface area contributed by atoms with Crippen molar-refractivity contribution in [3.05, 3.63) is 29.3 Å². The van der Waals surface area contributed by atoms with E-state index in [2.05, 4.69) is 15.6 Å². The van der Waals surface area contributed by atoms with Crippen LogP contribution >= 0.6 is 11.6 Å². The molecule has 3 amide bonds. The number of aliphatic imine (C=N–C) groups is 1. The van der Waals surface area contributed by atoms with Crippen LogP contribution in [0.1, 0.15) is 46.0 Å². The van der Waals surface area contributed by atoms with Crippen molar-refractivity contribution in [3.8, 4) is 0 Å². The van der Waals surface area contributed by atoms with E-state index in [4.69, 9.17) is 23.1 Å². The van der Waals surface area contributed by atoms with Gasteiger partial charge in [0.2, 0.25) is 5.91 Å². The molecule has 2 rings (SSSR count). The first-order valence-electron chi connectivity index (χ1n) is 12.3. The molecule has 0 aliphatic carbocycles. The molecule has 1 fully saturated rings. The molecule has 0 unspecified atom stereocenters. The summed E-state index contributed by atoms with van der Waals surface area (Å²) in [6, 6.07) is 4.41. The summed E-state index contributed by atoms with van der Waals surface area (Å²) in [5, 5.41) is 5.81. The molecule has 1 aromatic carbocycles. The Hall–Kier alpha value is -3.21. The van der Waals surface area contributed by atoms with E-state index < -0.39 is 36.5 Å². The number of carbonyl (C=O) groups excluding carboxylic acids is 4. The first kappa shape index (κ1) is 30.0. The van der Waals surface area contributed by atoms with Gasteiger partial charge in [-0.2, -0.15) is 0 Å². The van der Waals surface area contributed by atoms with Crippen LogP contribution in [-0.4, -0.2) is 66.2 Å². The van der Waals surface area contributed by atoms with Crippen molar-refractivity contribution in [2.75, 3.05) is 25.1 Å². The van der Waals surface area contributed by atoms with Crippen LogP contribution in [0.4, 0.5) is 14.9 Å². The lowest BCUT2D eigenvalue weighted by molar-refractivity contribution is -0.140. The molecule has 0 saturated carbocycles. The van der Waals surface area contributed by atoms with Crippen LogP contribution in [0.3, 0.4) is 0 Å². The maximum absolute atomic E-state index is 13.4. The number of alkyl halides is 1. The van der Waals surface area contributed by atoms with Crippen LogP contribution in [-0.2, 0) is 14.4 Å². The molecule has 37 heavy (non-hydrogen) atoms. The van der Waals surface area contributed by atoms with Gasteiger partial charge in [-0.05, 0) is 49.8 Å². The highest BCUT2D eigenvalue weighted by molar-refractivity contribution is 6.30. The van der Waals surface area contributed by atoms with Crippen molar-refractivity contribution in [1.82, 2.24) is 10.2 Å². The fourth-order valence-corrected chi connectivity index (χ4v) is 4.53. The number of hydrogen-bond donors (Lipinski definition) is 4. The second-order valence-electron chi connectivity index (χ2n) is 9.44. The van der Waals surface area contributed by atoms with E-state index >= 15 is 0 Å². The molecule has 1 saturated heterocycles. The first-order valence-corrected chi connectivity index (χ1v) is 12.7. The summed E-state index contributed by atoms with van der Waals surface area (Å²) < 4.78 is 13.2. The molecule has 3 atom stereocenters. The van der Waals surface area contributed by atoms with Crippen LogP contribution < -0.4 is 22.1 Å². The highest BCUT2D eigenvalue weighted by Gasteiger charge is 2.39. The Morgan fingerprint density at radius 1 is 1.24 bits per heavy atom. The SMILES string of the molecule is CC(C)[C@H](NC(=O)Nc1cccc(Cl)c1)C(=O)N1CCC[C@H]1C(=O)C[C@@H](CCCN=C(N)N)C(=O)CF. The summed E-state index contributed by atoms with van der Waals surface area (Å²) in [6.45, 7) is 3.03. The number of halogens is 2. The third-order valence-electron chi connectivity index (χ3n) is 6.25. The number of nitrogens with zero attached hydrogens (tertiary/aromatic N) is 2. The van der Waals surface area contributed by atoms with E-state index in [0.717, 1.165) is 0 Å². The molecule has 12 heteroatoms. The zero-order valence-electron chi connectivity index (χ0n) is 21.2. The molecule has 0 aromatic heterocycles. The van der Waals surface area contributed by atoms with Gasteiger partial charge in [-0.1, -0.05) is 31.5 Å². The molecule has 6 N–H and O–H groups in total. The smallest absolute Gasteiger partial charge is 0.319 e. The zero-order valence-corrected chi connectivity index (χ0v) is 22.0. The van der Waals surface area contributed by atoms with Gasteiger partial charge in [-0.25, -0.2) is 9.18 Å². The first-order chi connectivity index (χ1) is 17.5. The van der Waals surface area contributed by atoms with Gasteiger partial charge in [0.15, 0.2) is 17.5 Å². The number of carbonyl (C=O) groups is 4. The molecular formula is C25H36ClFN6O4. The van der Waals surface area contributed by atoms with Gasteiger partial charge in [0.1, 0.15) is 12.7 Å². The molecule has 0 spiro atoms. The predicted octanol–water partition coefficient (Wildman–Crippen LogP) is 2.64. The van der Waals surface area contributed by atoms with Crippen molar-refractivity contribution in [2.45, 2.75) is 58.0 Å². The third kappa shape index (κ3) is 9.31. The van der Waals surface area contributed by atoms with Gasteiger partial charge in [-0.15, -0.1) is 0 Å². The maximum Gasteiger partial charge on any atom is 0.319 e. The third-order valence-corrected chi connectivity index (χ3v) is 6.48. The number of anilines is 1. The van der Waals surface area contributed by atoms with E-state index in [9.17, 15) is 23.6 Å². The normalized spacial score (nSPS) is 16.7. The number of ketones is 2. The molecule has 10 nitrogen and oxygen atoms in total. The number of rotatable bonds is 13. The molecule has 0 bridgehead atoms. The Bertz CT molecular complexity index is 1000. The maximum atomic E-state index is 13.4. The number of urea groups is 1. The number of benzene rings is 1. The molecule has 0 radical (unpaired) electrons. The Morgan fingerprint density at radius 2 is 1.97 bits per heavy atom. The van der Waals surface area contributed by atoms with E-state index in [1.165, 1.54) is 4.90 Å². The topological polar surface area (TPSA) is 160 Å². The lowest BCUT2D eigenvalue weighted by atomic mass is 9.90. The van der Waals surface area contributed by atoms with Gasteiger partial charge in [-0.3, -0.25) is 19.4 Å². The number of nitrogens with two attached hydrogens (primary N) is 2. The molecule has 204 valence electrons. The van der Waals surface area contributed by atoms with E-state index in [0.29, 0.717) is 36.5 Å². The quantitative estimate of drug-likeness (QED) is 0.171. The summed E-state index contributed by atoms with van der Waals surface area (Å²) >= 11 is 5.96. The minimum atomic E-state index is -1.17. The highest BCUT2D eigenvalue weighted by Crippen LogP contribution is 2.25. The largest absolute Gasteiger partial charge is 0.370 e. The van der Waals surface area contributed by atoms with Crippen LogP contribution in [0.15, 0.2) is 29.3 Å². The number of guanidine groups is 1. The zero-order chi connectivity index (χ0) is 27.5. The highest BCUT2D eigenvalue weighted by atomic mass is 35.5. The van der Waals surface area contributed by atoms with Gasteiger partial charge < -0.3 is 27.0 Å². The Kier molecular flexibility index (Phi) is 11.8. The second kappa shape index (κ2) is 14.5. The van der Waals surface area contributed by atoms with E-state index in [1.54, 1.807) is 38.1 Å². The Morgan fingerprint density at radius 3 is 2.59 bits per heavy atom. The average molecular weight is 539 g/mol.